The van der Waals surface area contributed by atoms with Gasteiger partial charge in [-0.25, -0.2) is 4.98 Å². The van der Waals surface area contributed by atoms with Crippen LogP contribution in [0.4, 0.5) is 5.82 Å². The van der Waals surface area contributed by atoms with E-state index in [1.54, 1.807) is 6.07 Å². The van der Waals surface area contributed by atoms with Crippen LogP contribution in [0.5, 0.6) is 11.6 Å². The predicted molar refractivity (Wildman–Crippen MR) is 77.3 cm³/mol. The molecule has 0 amide bonds. The highest BCUT2D eigenvalue weighted by molar-refractivity contribution is 6.32. The number of ether oxygens (including phenoxy) is 1. The number of anilines is 1. The van der Waals surface area contributed by atoms with Crippen molar-refractivity contribution in [3.8, 4) is 11.6 Å². The molecule has 2 rings (SSSR count). The molecule has 0 spiro atoms. The largest absolute Gasteiger partial charge is 0.439 e. The van der Waals surface area contributed by atoms with Crippen LogP contribution in [-0.4, -0.2) is 17.0 Å². The molecular weight excluding hydrogens is 262 g/mol. The molecule has 19 heavy (non-hydrogen) atoms. The lowest BCUT2D eigenvalue weighted by atomic mass is 10.1. The van der Waals surface area contributed by atoms with Crippen molar-refractivity contribution in [1.82, 2.24) is 9.97 Å². The number of halogens is 1. The van der Waals surface area contributed by atoms with E-state index in [2.05, 4.69) is 15.3 Å². The van der Waals surface area contributed by atoms with Gasteiger partial charge in [-0.15, -0.1) is 0 Å². The zero-order valence-corrected chi connectivity index (χ0v) is 12.2. The topological polar surface area (TPSA) is 47.0 Å². The molecular formula is C14H16ClN3O. The van der Waals surface area contributed by atoms with E-state index in [1.165, 1.54) is 0 Å². The summed E-state index contributed by atoms with van der Waals surface area (Å²) in [7, 11) is 1.81. The lowest BCUT2D eigenvalue weighted by Gasteiger charge is -2.10. The minimum absolute atomic E-state index is 0.512. The van der Waals surface area contributed by atoms with Crippen molar-refractivity contribution in [2.45, 2.75) is 20.8 Å². The summed E-state index contributed by atoms with van der Waals surface area (Å²) in [4.78, 5) is 8.47. The van der Waals surface area contributed by atoms with Gasteiger partial charge in [0.25, 0.3) is 0 Å². The molecule has 4 nitrogen and oxygen atoms in total. The first-order valence-electron chi connectivity index (χ1n) is 5.97. The van der Waals surface area contributed by atoms with Gasteiger partial charge in [0.05, 0.1) is 0 Å². The van der Waals surface area contributed by atoms with Crippen LogP contribution in [-0.2, 0) is 0 Å². The van der Waals surface area contributed by atoms with E-state index in [0.29, 0.717) is 11.7 Å². The number of hydrogen-bond donors (Lipinski definition) is 1. The van der Waals surface area contributed by atoms with E-state index in [0.717, 1.165) is 27.7 Å². The molecule has 1 N–H and O–H groups in total. The Bertz CT molecular complexity index is 591. The maximum atomic E-state index is 6.13. The number of aromatic nitrogens is 2. The van der Waals surface area contributed by atoms with Gasteiger partial charge in [-0.05, 0) is 44.0 Å². The van der Waals surface area contributed by atoms with Crippen molar-refractivity contribution in [3.63, 3.8) is 0 Å². The maximum absolute atomic E-state index is 6.13. The van der Waals surface area contributed by atoms with Crippen molar-refractivity contribution in [2.24, 2.45) is 0 Å². The van der Waals surface area contributed by atoms with Gasteiger partial charge < -0.3 is 10.1 Å². The molecule has 5 heteroatoms. The van der Waals surface area contributed by atoms with Crippen LogP contribution in [0.15, 0.2) is 18.2 Å². The highest BCUT2D eigenvalue weighted by Gasteiger charge is 2.07. The first-order chi connectivity index (χ1) is 8.99. The summed E-state index contributed by atoms with van der Waals surface area (Å²) < 4.78 is 5.77. The summed E-state index contributed by atoms with van der Waals surface area (Å²) in [6.07, 6.45) is 0. The van der Waals surface area contributed by atoms with E-state index in [-0.39, 0.29) is 0 Å². The first-order valence-corrected chi connectivity index (χ1v) is 6.35. The number of aryl methyl sites for hydroxylation is 3. The van der Waals surface area contributed by atoms with Gasteiger partial charge in [-0.3, -0.25) is 0 Å². The summed E-state index contributed by atoms with van der Waals surface area (Å²) in [6, 6.07) is 5.55. The Balaban J connectivity index is 2.33. The molecule has 0 bridgehead atoms. The third kappa shape index (κ3) is 3.15. The van der Waals surface area contributed by atoms with Crippen molar-refractivity contribution in [3.05, 3.63) is 40.2 Å². The Labute approximate surface area is 117 Å². The second-order valence-electron chi connectivity index (χ2n) is 4.36. The molecule has 1 heterocycles. The molecule has 0 aliphatic heterocycles. The lowest BCUT2D eigenvalue weighted by molar-refractivity contribution is 0.459. The second kappa shape index (κ2) is 5.45. The molecule has 0 aliphatic rings. The molecule has 1 aromatic carbocycles. The van der Waals surface area contributed by atoms with Crippen LogP contribution in [0.3, 0.4) is 0 Å². The van der Waals surface area contributed by atoms with Crippen LogP contribution >= 0.6 is 11.6 Å². The molecule has 0 saturated carbocycles. The van der Waals surface area contributed by atoms with Gasteiger partial charge in [0, 0.05) is 18.1 Å². The first kappa shape index (κ1) is 13.6. The number of benzene rings is 1. The second-order valence-corrected chi connectivity index (χ2v) is 4.74. The molecule has 0 saturated heterocycles. The highest BCUT2D eigenvalue weighted by Crippen LogP contribution is 2.29. The molecule has 0 aliphatic carbocycles. The molecule has 100 valence electrons. The van der Waals surface area contributed by atoms with Gasteiger partial charge in [0.1, 0.15) is 17.4 Å². The minimum atomic E-state index is 0.512. The number of nitrogens with zero attached hydrogens (tertiary/aromatic N) is 2. The molecule has 0 unspecified atom stereocenters. The monoisotopic (exact) mass is 277 g/mol. The average Bonchev–Trinajstić information content (AvgIpc) is 2.35. The Hall–Kier alpha value is -1.81. The van der Waals surface area contributed by atoms with Crippen LogP contribution in [0.25, 0.3) is 0 Å². The van der Waals surface area contributed by atoms with Crippen LogP contribution in [0.1, 0.15) is 17.0 Å². The standard InChI is InChI=1S/C14H16ClN3O/c1-8-5-11(6-9(2)14(8)15)19-13-7-12(16-4)17-10(3)18-13/h5-7H,1-4H3,(H,16,17,18). The van der Waals surface area contributed by atoms with Crippen molar-refractivity contribution >= 4 is 17.4 Å². The van der Waals surface area contributed by atoms with Gasteiger partial charge in [0.2, 0.25) is 5.88 Å². The predicted octanol–water partition coefficient (Wildman–Crippen LogP) is 3.89. The fourth-order valence-corrected chi connectivity index (χ4v) is 1.92. The van der Waals surface area contributed by atoms with Crippen LogP contribution < -0.4 is 10.1 Å². The Morgan fingerprint density at radius 2 is 1.68 bits per heavy atom. The quantitative estimate of drug-likeness (QED) is 0.925. The smallest absolute Gasteiger partial charge is 0.224 e. The third-order valence-corrected chi connectivity index (χ3v) is 3.30. The maximum Gasteiger partial charge on any atom is 0.224 e. The van der Waals surface area contributed by atoms with Crippen molar-refractivity contribution in [1.29, 1.82) is 0 Å². The molecule has 0 fully saturated rings. The van der Waals surface area contributed by atoms with Gasteiger partial charge >= 0.3 is 0 Å². The fourth-order valence-electron chi connectivity index (χ4n) is 1.81. The van der Waals surface area contributed by atoms with Gasteiger partial charge in [-0.1, -0.05) is 11.6 Å². The van der Waals surface area contributed by atoms with Gasteiger partial charge in [-0.2, -0.15) is 4.98 Å². The Morgan fingerprint density at radius 1 is 1.05 bits per heavy atom. The number of nitrogens with one attached hydrogen (secondary N) is 1. The zero-order chi connectivity index (χ0) is 14.0. The highest BCUT2D eigenvalue weighted by atomic mass is 35.5. The summed E-state index contributed by atoms with van der Waals surface area (Å²) in [6.45, 7) is 5.73. The Kier molecular flexibility index (Phi) is 3.90. The SMILES string of the molecule is CNc1cc(Oc2cc(C)c(Cl)c(C)c2)nc(C)n1. The van der Waals surface area contributed by atoms with Crippen LogP contribution in [0, 0.1) is 20.8 Å². The van der Waals surface area contributed by atoms with E-state index < -0.39 is 0 Å². The normalized spacial score (nSPS) is 10.4. The summed E-state index contributed by atoms with van der Waals surface area (Å²) in [5.41, 5.74) is 1.97. The molecule has 2 aromatic rings. The molecule has 0 atom stereocenters. The number of hydrogen-bond acceptors (Lipinski definition) is 4. The average molecular weight is 278 g/mol. The minimum Gasteiger partial charge on any atom is -0.439 e. The summed E-state index contributed by atoms with van der Waals surface area (Å²) in [5.74, 6) is 2.62. The third-order valence-electron chi connectivity index (χ3n) is 2.70. The van der Waals surface area contributed by atoms with Crippen molar-refractivity contribution < 1.29 is 4.74 Å². The Morgan fingerprint density at radius 3 is 2.26 bits per heavy atom. The summed E-state index contributed by atoms with van der Waals surface area (Å²) in [5, 5.41) is 3.74. The van der Waals surface area contributed by atoms with E-state index in [4.69, 9.17) is 16.3 Å². The van der Waals surface area contributed by atoms with Crippen LogP contribution in [0.2, 0.25) is 5.02 Å². The van der Waals surface area contributed by atoms with Crippen molar-refractivity contribution in [2.75, 3.05) is 12.4 Å². The van der Waals surface area contributed by atoms with E-state index in [9.17, 15) is 0 Å². The number of rotatable bonds is 3. The zero-order valence-electron chi connectivity index (χ0n) is 11.4. The summed E-state index contributed by atoms with van der Waals surface area (Å²) >= 11 is 6.13. The molecule has 0 radical (unpaired) electrons. The van der Waals surface area contributed by atoms with E-state index >= 15 is 0 Å². The lowest BCUT2D eigenvalue weighted by Crippen LogP contribution is -1.99. The molecule has 1 aromatic heterocycles. The fraction of sp³-hybridized carbons (Fsp3) is 0.286. The van der Waals surface area contributed by atoms with Gasteiger partial charge in [0.15, 0.2) is 0 Å². The van der Waals surface area contributed by atoms with E-state index in [1.807, 2.05) is 40.0 Å².